The molecule has 100 valence electrons. The molecule has 0 spiro atoms. The highest BCUT2D eigenvalue weighted by Gasteiger charge is 2.37. The van der Waals surface area contributed by atoms with Crippen molar-refractivity contribution in [2.45, 2.75) is 13.0 Å². The van der Waals surface area contributed by atoms with Crippen LogP contribution in [-0.2, 0) is 6.11 Å². The molecule has 0 bridgehead atoms. The summed E-state index contributed by atoms with van der Waals surface area (Å²) in [5.74, 6) is -0.919. The minimum atomic E-state index is -3.70. The number of hydrogen-bond acceptors (Lipinski definition) is 1. The largest absolute Gasteiger partial charge is 0.429 e. The van der Waals surface area contributed by atoms with E-state index in [1.54, 1.807) is 19.1 Å². The summed E-state index contributed by atoms with van der Waals surface area (Å²) in [5, 5.41) is -0.639. The van der Waals surface area contributed by atoms with Crippen LogP contribution in [0.4, 0.5) is 13.2 Å². The highest BCUT2D eigenvalue weighted by atomic mass is 35.5. The van der Waals surface area contributed by atoms with E-state index in [-0.39, 0.29) is 5.75 Å². The molecule has 1 nitrogen and oxygen atoms in total. The number of rotatable bonds is 3. The molecule has 0 aliphatic rings. The van der Waals surface area contributed by atoms with Gasteiger partial charge in [-0.2, -0.15) is 8.78 Å². The van der Waals surface area contributed by atoms with Gasteiger partial charge in [0.15, 0.2) is 0 Å². The zero-order chi connectivity index (χ0) is 14.0. The molecule has 0 amide bonds. The number of ether oxygens (including phenoxy) is 1. The van der Waals surface area contributed by atoms with Gasteiger partial charge in [-0.05, 0) is 36.8 Å². The Morgan fingerprint density at radius 2 is 1.79 bits per heavy atom. The second kappa shape index (κ2) is 5.13. The van der Waals surface area contributed by atoms with E-state index in [9.17, 15) is 13.2 Å². The van der Waals surface area contributed by atoms with Crippen molar-refractivity contribution in [3.8, 4) is 5.75 Å². The van der Waals surface area contributed by atoms with E-state index < -0.39 is 22.5 Å². The Morgan fingerprint density at radius 1 is 1.11 bits per heavy atom. The lowest BCUT2D eigenvalue weighted by atomic mass is 10.2. The summed E-state index contributed by atoms with van der Waals surface area (Å²) in [6.07, 6.45) is -3.70. The van der Waals surface area contributed by atoms with E-state index in [0.717, 1.165) is 23.8 Å². The molecular weight excluding hydrogens is 277 g/mol. The molecule has 0 radical (unpaired) electrons. The fraction of sp³-hybridized carbons (Fsp3) is 0.143. The third-order valence-corrected chi connectivity index (χ3v) is 2.88. The SMILES string of the molecule is Cc1cccc(OC(F)(F)c2cccc(F)c2Cl)c1. The average molecular weight is 287 g/mol. The normalized spacial score (nSPS) is 11.4. The topological polar surface area (TPSA) is 9.23 Å². The molecule has 2 rings (SSSR count). The van der Waals surface area contributed by atoms with Crippen molar-refractivity contribution >= 4 is 11.6 Å². The predicted octanol–water partition coefficient (Wildman–Crippen LogP) is 4.92. The van der Waals surface area contributed by atoms with Crippen molar-refractivity contribution < 1.29 is 17.9 Å². The van der Waals surface area contributed by atoms with Gasteiger partial charge in [0.05, 0.1) is 10.6 Å². The predicted molar refractivity (Wildman–Crippen MR) is 67.1 cm³/mol. The quantitative estimate of drug-likeness (QED) is 0.778. The molecule has 0 saturated carbocycles. The maximum atomic E-state index is 13.9. The number of alkyl halides is 2. The van der Waals surface area contributed by atoms with E-state index in [1.165, 1.54) is 12.1 Å². The molecule has 0 aliphatic heterocycles. The summed E-state index contributed by atoms with van der Waals surface area (Å²) in [4.78, 5) is 0. The van der Waals surface area contributed by atoms with Gasteiger partial charge >= 0.3 is 6.11 Å². The van der Waals surface area contributed by atoms with Gasteiger partial charge in [0.2, 0.25) is 0 Å². The number of aryl methyl sites for hydroxylation is 1. The summed E-state index contributed by atoms with van der Waals surface area (Å²) >= 11 is 5.54. The third kappa shape index (κ3) is 3.01. The Kier molecular flexibility index (Phi) is 3.71. The number of halogens is 4. The molecular formula is C14H10ClF3O. The van der Waals surface area contributed by atoms with Crippen LogP contribution in [0.15, 0.2) is 42.5 Å². The van der Waals surface area contributed by atoms with Crippen LogP contribution in [0.25, 0.3) is 0 Å². The Morgan fingerprint density at radius 3 is 2.47 bits per heavy atom. The van der Waals surface area contributed by atoms with Crippen molar-refractivity contribution in [3.63, 3.8) is 0 Å². The van der Waals surface area contributed by atoms with Crippen LogP contribution in [-0.4, -0.2) is 0 Å². The van der Waals surface area contributed by atoms with Gasteiger partial charge in [-0.15, -0.1) is 0 Å². The molecule has 19 heavy (non-hydrogen) atoms. The van der Waals surface area contributed by atoms with E-state index in [0.29, 0.717) is 0 Å². The van der Waals surface area contributed by atoms with Crippen LogP contribution >= 0.6 is 11.6 Å². The fourth-order valence-electron chi connectivity index (χ4n) is 1.61. The smallest absolute Gasteiger partial charge is 0.428 e. The molecule has 0 N–H and O–H groups in total. The molecule has 0 aromatic heterocycles. The Bertz CT molecular complexity index is 599. The van der Waals surface area contributed by atoms with Gasteiger partial charge < -0.3 is 4.74 Å². The minimum absolute atomic E-state index is 0.00896. The lowest BCUT2D eigenvalue weighted by molar-refractivity contribution is -0.185. The van der Waals surface area contributed by atoms with Gasteiger partial charge in [0.25, 0.3) is 0 Å². The summed E-state index contributed by atoms with van der Waals surface area (Å²) in [6.45, 7) is 1.75. The molecule has 0 heterocycles. The van der Waals surface area contributed by atoms with Gasteiger partial charge in [0, 0.05) is 0 Å². The first-order chi connectivity index (χ1) is 8.90. The summed E-state index contributed by atoms with van der Waals surface area (Å²) in [5.41, 5.74) is 0.0781. The first kappa shape index (κ1) is 13.7. The maximum absolute atomic E-state index is 13.9. The van der Waals surface area contributed by atoms with Crippen molar-refractivity contribution in [3.05, 3.63) is 64.4 Å². The van der Waals surface area contributed by atoms with Crippen LogP contribution in [0.3, 0.4) is 0 Å². The monoisotopic (exact) mass is 286 g/mol. The van der Waals surface area contributed by atoms with Crippen LogP contribution < -0.4 is 4.74 Å². The second-order valence-corrected chi connectivity index (χ2v) is 4.41. The molecule has 5 heteroatoms. The number of benzene rings is 2. The van der Waals surface area contributed by atoms with Crippen LogP contribution in [0.5, 0.6) is 5.75 Å². The summed E-state index contributed by atoms with van der Waals surface area (Å²) in [7, 11) is 0. The van der Waals surface area contributed by atoms with Crippen LogP contribution in [0, 0.1) is 12.7 Å². The highest BCUT2D eigenvalue weighted by molar-refractivity contribution is 6.31. The lowest BCUT2D eigenvalue weighted by Gasteiger charge is -2.19. The van der Waals surface area contributed by atoms with Gasteiger partial charge in [-0.3, -0.25) is 0 Å². The van der Waals surface area contributed by atoms with Crippen molar-refractivity contribution in [2.24, 2.45) is 0 Å². The highest BCUT2D eigenvalue weighted by Crippen LogP contribution is 2.36. The molecule has 0 aliphatic carbocycles. The summed E-state index contributed by atoms with van der Waals surface area (Å²) in [6, 6.07) is 9.39. The average Bonchev–Trinajstić information content (AvgIpc) is 2.32. The molecule has 0 saturated heterocycles. The lowest BCUT2D eigenvalue weighted by Crippen LogP contribution is -2.22. The fourth-order valence-corrected chi connectivity index (χ4v) is 1.85. The molecule has 0 unspecified atom stereocenters. The van der Waals surface area contributed by atoms with E-state index in [4.69, 9.17) is 11.6 Å². The minimum Gasteiger partial charge on any atom is -0.429 e. The van der Waals surface area contributed by atoms with E-state index >= 15 is 0 Å². The first-order valence-corrected chi connectivity index (χ1v) is 5.86. The third-order valence-electron chi connectivity index (χ3n) is 2.50. The molecule has 2 aromatic rings. The van der Waals surface area contributed by atoms with Gasteiger partial charge in [-0.1, -0.05) is 29.8 Å². The Hall–Kier alpha value is -1.68. The van der Waals surface area contributed by atoms with Crippen molar-refractivity contribution in [1.82, 2.24) is 0 Å². The summed E-state index contributed by atoms with van der Waals surface area (Å²) < 4.78 is 45.7. The van der Waals surface area contributed by atoms with Crippen LogP contribution in [0.2, 0.25) is 5.02 Å². The molecule has 2 aromatic carbocycles. The van der Waals surface area contributed by atoms with Gasteiger partial charge in [-0.25, -0.2) is 4.39 Å². The number of hydrogen-bond donors (Lipinski definition) is 0. The van der Waals surface area contributed by atoms with Crippen molar-refractivity contribution in [2.75, 3.05) is 0 Å². The second-order valence-electron chi connectivity index (χ2n) is 4.04. The van der Waals surface area contributed by atoms with Gasteiger partial charge in [0.1, 0.15) is 11.6 Å². The van der Waals surface area contributed by atoms with Crippen LogP contribution in [0.1, 0.15) is 11.1 Å². The standard InChI is InChI=1S/C14H10ClF3O/c1-9-4-2-5-10(8-9)19-14(17,18)11-6-3-7-12(16)13(11)15/h2-8H,1H3. The zero-order valence-electron chi connectivity index (χ0n) is 9.96. The zero-order valence-corrected chi connectivity index (χ0v) is 10.7. The first-order valence-electron chi connectivity index (χ1n) is 5.48. The Balaban J connectivity index is 2.34. The maximum Gasteiger partial charge on any atom is 0.428 e. The van der Waals surface area contributed by atoms with E-state index in [2.05, 4.69) is 4.74 Å². The van der Waals surface area contributed by atoms with Crippen molar-refractivity contribution in [1.29, 1.82) is 0 Å². The Labute approximate surface area is 113 Å². The molecule has 0 fully saturated rings. The van der Waals surface area contributed by atoms with E-state index in [1.807, 2.05) is 0 Å². The molecule has 0 atom stereocenters.